The molecule has 0 atom stereocenters. The van der Waals surface area contributed by atoms with Gasteiger partial charge < -0.3 is 9.63 Å². The fourth-order valence-corrected chi connectivity index (χ4v) is 2.22. The Bertz CT molecular complexity index is 768. The molecule has 1 aromatic heterocycles. The molecule has 100 valence electrons. The molecule has 0 saturated heterocycles. The normalized spacial score (nSPS) is 10.7. The number of phenolic OH excluding ortho intramolecular Hbond substituents is 1. The van der Waals surface area contributed by atoms with Gasteiger partial charge in [-0.3, -0.25) is 0 Å². The highest BCUT2D eigenvalue weighted by molar-refractivity contribution is 14.1. The number of aromatic hydroxyl groups is 1. The van der Waals surface area contributed by atoms with Crippen LogP contribution in [-0.2, 0) is 0 Å². The summed E-state index contributed by atoms with van der Waals surface area (Å²) in [6.45, 7) is 2.02. The van der Waals surface area contributed by atoms with Gasteiger partial charge in [-0.25, -0.2) is 0 Å². The van der Waals surface area contributed by atoms with Crippen molar-refractivity contribution in [3.63, 3.8) is 0 Å². The highest BCUT2D eigenvalue weighted by Gasteiger charge is 2.12. The van der Waals surface area contributed by atoms with Crippen LogP contribution >= 0.6 is 22.6 Å². The maximum absolute atomic E-state index is 9.72. The molecule has 0 aliphatic heterocycles. The van der Waals surface area contributed by atoms with Crippen molar-refractivity contribution in [3.8, 4) is 28.6 Å². The van der Waals surface area contributed by atoms with Crippen LogP contribution in [0, 0.1) is 10.5 Å². The quantitative estimate of drug-likeness (QED) is 0.685. The van der Waals surface area contributed by atoms with Gasteiger partial charge in [-0.2, -0.15) is 4.98 Å². The molecule has 1 heterocycles. The van der Waals surface area contributed by atoms with Crippen molar-refractivity contribution < 1.29 is 9.63 Å². The van der Waals surface area contributed by atoms with E-state index in [0.29, 0.717) is 17.3 Å². The van der Waals surface area contributed by atoms with Crippen LogP contribution in [0.5, 0.6) is 5.75 Å². The highest BCUT2D eigenvalue weighted by atomic mass is 127. The minimum absolute atomic E-state index is 0.207. The molecule has 0 fully saturated rings. The van der Waals surface area contributed by atoms with Crippen molar-refractivity contribution in [3.05, 3.63) is 51.6 Å². The summed E-state index contributed by atoms with van der Waals surface area (Å²) in [6.07, 6.45) is 0. The molecule has 0 saturated carbocycles. The van der Waals surface area contributed by atoms with Crippen LogP contribution in [0.1, 0.15) is 5.56 Å². The fourth-order valence-electron chi connectivity index (χ4n) is 1.89. The topological polar surface area (TPSA) is 59.2 Å². The number of halogens is 1. The van der Waals surface area contributed by atoms with Gasteiger partial charge in [-0.05, 0) is 53.8 Å². The first-order chi connectivity index (χ1) is 9.63. The fraction of sp³-hybridized carbons (Fsp3) is 0.0667. The molecule has 0 bridgehead atoms. The third kappa shape index (κ3) is 2.53. The summed E-state index contributed by atoms with van der Waals surface area (Å²) in [7, 11) is 0. The number of aromatic nitrogens is 2. The zero-order valence-corrected chi connectivity index (χ0v) is 12.8. The van der Waals surface area contributed by atoms with Gasteiger partial charge in [0.1, 0.15) is 5.75 Å². The van der Waals surface area contributed by atoms with Gasteiger partial charge in [0.25, 0.3) is 5.89 Å². The second-order valence-corrected chi connectivity index (χ2v) is 5.62. The number of hydrogen-bond acceptors (Lipinski definition) is 4. The zero-order valence-electron chi connectivity index (χ0n) is 10.7. The molecular weight excluding hydrogens is 367 g/mol. The lowest BCUT2D eigenvalue weighted by Crippen LogP contribution is -1.83. The van der Waals surface area contributed by atoms with Crippen molar-refractivity contribution in [2.75, 3.05) is 0 Å². The van der Waals surface area contributed by atoms with Gasteiger partial charge in [0.05, 0.1) is 3.57 Å². The zero-order chi connectivity index (χ0) is 14.1. The van der Waals surface area contributed by atoms with Crippen LogP contribution in [-0.4, -0.2) is 15.2 Å². The minimum atomic E-state index is 0.207. The SMILES string of the molecule is Cc1cccc(-c2noc(-c3ccc(I)c(O)c3)n2)c1. The lowest BCUT2D eigenvalue weighted by Gasteiger charge is -1.98. The lowest BCUT2D eigenvalue weighted by atomic mass is 10.1. The van der Waals surface area contributed by atoms with Crippen molar-refractivity contribution in [2.24, 2.45) is 0 Å². The molecular formula is C15H11IN2O2. The Labute approximate surface area is 129 Å². The van der Waals surface area contributed by atoms with E-state index in [1.807, 2.05) is 43.3 Å². The van der Waals surface area contributed by atoms with E-state index in [-0.39, 0.29) is 5.75 Å². The molecule has 0 spiro atoms. The third-order valence-electron chi connectivity index (χ3n) is 2.90. The van der Waals surface area contributed by atoms with E-state index < -0.39 is 0 Å². The van der Waals surface area contributed by atoms with Crippen LogP contribution < -0.4 is 0 Å². The molecule has 3 aromatic rings. The molecule has 4 nitrogen and oxygen atoms in total. The maximum Gasteiger partial charge on any atom is 0.258 e. The monoisotopic (exact) mass is 378 g/mol. The van der Waals surface area contributed by atoms with Crippen LogP contribution in [0.15, 0.2) is 47.0 Å². The minimum Gasteiger partial charge on any atom is -0.507 e. The van der Waals surface area contributed by atoms with Crippen LogP contribution in [0.3, 0.4) is 0 Å². The number of hydrogen-bond donors (Lipinski definition) is 1. The van der Waals surface area contributed by atoms with Gasteiger partial charge >= 0.3 is 0 Å². The number of phenols is 1. The average molecular weight is 378 g/mol. The van der Waals surface area contributed by atoms with Gasteiger partial charge in [0, 0.05) is 11.1 Å². The summed E-state index contributed by atoms with van der Waals surface area (Å²) >= 11 is 2.06. The first-order valence-electron chi connectivity index (χ1n) is 6.03. The van der Waals surface area contributed by atoms with E-state index in [0.717, 1.165) is 14.7 Å². The summed E-state index contributed by atoms with van der Waals surface area (Å²) in [5.74, 6) is 1.15. The summed E-state index contributed by atoms with van der Waals surface area (Å²) < 4.78 is 6.05. The van der Waals surface area contributed by atoms with E-state index in [4.69, 9.17) is 4.52 Å². The summed E-state index contributed by atoms with van der Waals surface area (Å²) in [4.78, 5) is 4.37. The van der Waals surface area contributed by atoms with Gasteiger partial charge in [0.2, 0.25) is 5.82 Å². The molecule has 0 radical (unpaired) electrons. The summed E-state index contributed by atoms with van der Waals surface area (Å²) in [5.41, 5.74) is 2.75. The van der Waals surface area contributed by atoms with Crippen molar-refractivity contribution in [1.82, 2.24) is 10.1 Å². The Hall–Kier alpha value is -1.89. The maximum atomic E-state index is 9.72. The number of nitrogens with zero attached hydrogens (tertiary/aromatic N) is 2. The molecule has 0 aliphatic carbocycles. The molecule has 20 heavy (non-hydrogen) atoms. The first-order valence-corrected chi connectivity index (χ1v) is 7.11. The average Bonchev–Trinajstić information content (AvgIpc) is 2.92. The number of rotatable bonds is 2. The highest BCUT2D eigenvalue weighted by Crippen LogP contribution is 2.28. The molecule has 2 aromatic carbocycles. The van der Waals surface area contributed by atoms with Crippen LogP contribution in [0.4, 0.5) is 0 Å². The van der Waals surface area contributed by atoms with E-state index in [1.165, 1.54) is 0 Å². The van der Waals surface area contributed by atoms with Crippen LogP contribution in [0.25, 0.3) is 22.8 Å². The van der Waals surface area contributed by atoms with E-state index >= 15 is 0 Å². The first kappa shape index (κ1) is 13.1. The Kier molecular flexibility index (Phi) is 3.43. The van der Waals surface area contributed by atoms with Crippen molar-refractivity contribution in [2.45, 2.75) is 6.92 Å². The standard InChI is InChI=1S/C15H11IN2O2/c1-9-3-2-4-10(7-9)14-17-15(20-18-14)11-5-6-12(16)13(19)8-11/h2-8,19H,1H3. The molecule has 0 aliphatic rings. The molecule has 5 heteroatoms. The Morgan fingerprint density at radius 1 is 1.10 bits per heavy atom. The van der Waals surface area contributed by atoms with Gasteiger partial charge in [0.15, 0.2) is 0 Å². The smallest absolute Gasteiger partial charge is 0.258 e. The molecule has 0 unspecified atom stereocenters. The summed E-state index contributed by atoms with van der Waals surface area (Å²) in [6, 6.07) is 13.2. The third-order valence-corrected chi connectivity index (χ3v) is 3.81. The van der Waals surface area contributed by atoms with E-state index in [9.17, 15) is 5.11 Å². The molecule has 3 rings (SSSR count). The van der Waals surface area contributed by atoms with E-state index in [2.05, 4.69) is 32.7 Å². The van der Waals surface area contributed by atoms with Crippen LogP contribution in [0.2, 0.25) is 0 Å². The van der Waals surface area contributed by atoms with Gasteiger partial charge in [-0.1, -0.05) is 28.9 Å². The Morgan fingerprint density at radius 2 is 1.95 bits per heavy atom. The summed E-state index contributed by atoms with van der Waals surface area (Å²) in [5, 5.41) is 13.7. The van der Waals surface area contributed by atoms with E-state index in [1.54, 1.807) is 6.07 Å². The predicted octanol–water partition coefficient (Wildman–Crippen LogP) is 4.02. The number of benzene rings is 2. The Balaban J connectivity index is 1.99. The van der Waals surface area contributed by atoms with Gasteiger partial charge in [-0.15, -0.1) is 0 Å². The number of aryl methyl sites for hydroxylation is 1. The molecule has 0 amide bonds. The molecule has 1 N–H and O–H groups in total. The second kappa shape index (κ2) is 5.24. The van der Waals surface area contributed by atoms with Crippen molar-refractivity contribution >= 4 is 22.6 Å². The largest absolute Gasteiger partial charge is 0.507 e. The van der Waals surface area contributed by atoms with Crippen molar-refractivity contribution in [1.29, 1.82) is 0 Å². The second-order valence-electron chi connectivity index (χ2n) is 4.46. The lowest BCUT2D eigenvalue weighted by molar-refractivity contribution is 0.431. The Morgan fingerprint density at radius 3 is 2.70 bits per heavy atom. The predicted molar refractivity (Wildman–Crippen MR) is 84.3 cm³/mol.